The minimum atomic E-state index is -0.845. The third-order valence-corrected chi connectivity index (χ3v) is 7.37. The van der Waals surface area contributed by atoms with Crippen molar-refractivity contribution in [2.45, 2.75) is 13.2 Å². The molecule has 0 aliphatic carbocycles. The Morgan fingerprint density at radius 2 is 1.36 bits per heavy atom. The number of hydrogen-bond donors (Lipinski definition) is 2. The van der Waals surface area contributed by atoms with E-state index in [1.807, 2.05) is 115 Å². The summed E-state index contributed by atoms with van der Waals surface area (Å²) in [6, 6.07) is 35.8. The summed E-state index contributed by atoms with van der Waals surface area (Å²) in [6.07, 6.45) is -1.67. The molecule has 0 aliphatic heterocycles. The van der Waals surface area contributed by atoms with Gasteiger partial charge in [0.25, 0.3) is 0 Å². The minimum Gasteiger partial charge on any atom is -0.497 e. The Balaban J connectivity index is 1.48. The van der Waals surface area contributed by atoms with Gasteiger partial charge in [-0.25, -0.2) is 15.0 Å². The van der Waals surface area contributed by atoms with Crippen LogP contribution in [0.2, 0.25) is 0 Å². The average molecular weight is 602 g/mol. The summed E-state index contributed by atoms with van der Waals surface area (Å²) in [6.45, 7) is -0.00856. The lowest BCUT2D eigenvalue weighted by Gasteiger charge is -2.23. The van der Waals surface area contributed by atoms with Gasteiger partial charge in [-0.05, 0) is 46.2 Å². The number of benzene rings is 5. The zero-order valence-electron chi connectivity index (χ0n) is 24.8. The standard InChI is InChI=1S/C36H31N3O6/c1-42-27-18-19-30-29(21-27)33(32-28-16-10-9-15-26(28)17-20-31(32)43-2)34(37-30)39(36(41)45-23-25-13-7-4-8-14-25)38-35(40)44-22-24-11-5-3-6-12-24/h3-21,37H,22-23H2,1-2H3,(H,38,40). The van der Waals surface area contributed by atoms with Crippen LogP contribution in [0, 0.1) is 0 Å². The molecule has 9 heteroatoms. The van der Waals surface area contributed by atoms with E-state index in [0.29, 0.717) is 28.1 Å². The molecule has 1 heterocycles. The van der Waals surface area contributed by atoms with Crippen LogP contribution in [-0.4, -0.2) is 31.4 Å². The van der Waals surface area contributed by atoms with Crippen molar-refractivity contribution in [3.63, 3.8) is 0 Å². The first-order valence-corrected chi connectivity index (χ1v) is 14.3. The number of H-pyrrole nitrogens is 1. The van der Waals surface area contributed by atoms with Gasteiger partial charge in [0, 0.05) is 22.0 Å². The van der Waals surface area contributed by atoms with E-state index >= 15 is 0 Å². The van der Waals surface area contributed by atoms with Crippen LogP contribution in [0.4, 0.5) is 15.4 Å². The molecule has 0 fully saturated rings. The molecule has 0 atom stereocenters. The minimum absolute atomic E-state index is 0.00742. The fraction of sp³-hybridized carbons (Fsp3) is 0.111. The summed E-state index contributed by atoms with van der Waals surface area (Å²) in [7, 11) is 3.18. The molecule has 0 unspecified atom stereocenters. The molecule has 0 saturated heterocycles. The van der Waals surface area contributed by atoms with E-state index in [1.54, 1.807) is 14.2 Å². The largest absolute Gasteiger partial charge is 0.497 e. The third-order valence-electron chi connectivity index (χ3n) is 7.37. The van der Waals surface area contributed by atoms with Crippen molar-refractivity contribution in [1.82, 2.24) is 10.4 Å². The van der Waals surface area contributed by atoms with E-state index in [2.05, 4.69) is 10.4 Å². The molecule has 5 aromatic carbocycles. The van der Waals surface area contributed by atoms with Crippen molar-refractivity contribution in [3.05, 3.63) is 126 Å². The Kier molecular flexibility index (Phi) is 8.50. The van der Waals surface area contributed by atoms with Crippen molar-refractivity contribution >= 4 is 39.7 Å². The molecule has 1 aromatic heterocycles. The van der Waals surface area contributed by atoms with Crippen LogP contribution in [0.15, 0.2) is 115 Å². The van der Waals surface area contributed by atoms with Gasteiger partial charge in [0.1, 0.15) is 30.5 Å². The Labute approximate surface area is 259 Å². The normalized spacial score (nSPS) is 10.8. The van der Waals surface area contributed by atoms with Crippen LogP contribution in [-0.2, 0) is 22.7 Å². The molecule has 2 N–H and O–H groups in total. The van der Waals surface area contributed by atoms with Gasteiger partial charge in [-0.2, -0.15) is 5.01 Å². The van der Waals surface area contributed by atoms with E-state index in [9.17, 15) is 9.59 Å². The summed E-state index contributed by atoms with van der Waals surface area (Å²) < 4.78 is 22.7. The second-order valence-electron chi connectivity index (χ2n) is 10.2. The molecular formula is C36H31N3O6. The predicted octanol–water partition coefficient (Wildman–Crippen LogP) is 7.99. The van der Waals surface area contributed by atoms with Gasteiger partial charge >= 0.3 is 12.2 Å². The maximum absolute atomic E-state index is 13.9. The Morgan fingerprint density at radius 3 is 2.04 bits per heavy atom. The number of anilines is 1. The highest BCUT2D eigenvalue weighted by molar-refractivity contribution is 6.14. The van der Waals surface area contributed by atoms with Crippen LogP contribution >= 0.6 is 0 Å². The van der Waals surface area contributed by atoms with Gasteiger partial charge in [0.15, 0.2) is 0 Å². The number of nitrogens with one attached hydrogen (secondary N) is 2. The van der Waals surface area contributed by atoms with Crippen molar-refractivity contribution in [3.8, 4) is 22.6 Å². The highest BCUT2D eigenvalue weighted by Crippen LogP contribution is 2.46. The number of carbonyl (C=O) groups is 2. The highest BCUT2D eigenvalue weighted by Gasteiger charge is 2.30. The number of hydrogen-bond acceptors (Lipinski definition) is 6. The number of aromatic nitrogens is 1. The number of methoxy groups -OCH3 is 2. The molecule has 0 spiro atoms. The van der Waals surface area contributed by atoms with E-state index in [0.717, 1.165) is 32.3 Å². The molecular weight excluding hydrogens is 570 g/mol. The van der Waals surface area contributed by atoms with Gasteiger partial charge in [-0.1, -0.05) is 91.0 Å². The first-order valence-electron chi connectivity index (χ1n) is 14.3. The number of nitrogens with zero attached hydrogens (tertiary/aromatic N) is 1. The van der Waals surface area contributed by atoms with Crippen molar-refractivity contribution in [2.24, 2.45) is 0 Å². The lowest BCUT2D eigenvalue weighted by Crippen LogP contribution is -2.47. The summed E-state index contributed by atoms with van der Waals surface area (Å²) >= 11 is 0. The van der Waals surface area contributed by atoms with E-state index in [1.165, 1.54) is 0 Å². The highest BCUT2D eigenvalue weighted by atomic mass is 16.6. The Morgan fingerprint density at radius 1 is 0.689 bits per heavy atom. The average Bonchev–Trinajstić information content (AvgIpc) is 3.46. The molecule has 6 aromatic rings. The van der Waals surface area contributed by atoms with Gasteiger partial charge in [0.2, 0.25) is 0 Å². The molecule has 0 saturated carbocycles. The smallest absolute Gasteiger partial charge is 0.435 e. The predicted molar refractivity (Wildman–Crippen MR) is 173 cm³/mol. The summed E-state index contributed by atoms with van der Waals surface area (Å²) in [5, 5.41) is 3.62. The van der Waals surface area contributed by atoms with Crippen LogP contribution in [0.1, 0.15) is 11.1 Å². The summed E-state index contributed by atoms with van der Waals surface area (Å²) in [4.78, 5) is 30.5. The van der Waals surface area contributed by atoms with Crippen LogP contribution in [0.3, 0.4) is 0 Å². The van der Waals surface area contributed by atoms with E-state index < -0.39 is 12.2 Å². The number of amides is 2. The fourth-order valence-electron chi connectivity index (χ4n) is 5.21. The number of rotatable bonds is 8. The van der Waals surface area contributed by atoms with Gasteiger partial charge < -0.3 is 23.9 Å². The van der Waals surface area contributed by atoms with E-state index in [-0.39, 0.29) is 19.0 Å². The Bertz CT molecular complexity index is 1960. The number of carbonyl (C=O) groups excluding carboxylic acids is 2. The van der Waals surface area contributed by atoms with Crippen LogP contribution < -0.4 is 19.9 Å². The van der Waals surface area contributed by atoms with Crippen molar-refractivity contribution in [2.75, 3.05) is 19.2 Å². The molecule has 0 aliphatic rings. The summed E-state index contributed by atoms with van der Waals surface area (Å²) in [5.41, 5.74) is 6.20. The first-order chi connectivity index (χ1) is 22.1. The lowest BCUT2D eigenvalue weighted by atomic mass is 9.96. The number of hydrazine groups is 1. The molecule has 0 radical (unpaired) electrons. The molecule has 45 heavy (non-hydrogen) atoms. The third kappa shape index (κ3) is 6.23. The monoisotopic (exact) mass is 601 g/mol. The van der Waals surface area contributed by atoms with E-state index in [4.69, 9.17) is 18.9 Å². The maximum atomic E-state index is 13.9. The van der Waals surface area contributed by atoms with Gasteiger partial charge in [-0.3, -0.25) is 0 Å². The van der Waals surface area contributed by atoms with Crippen LogP contribution in [0.5, 0.6) is 11.5 Å². The number of ether oxygens (including phenoxy) is 4. The van der Waals surface area contributed by atoms with Gasteiger partial charge in [-0.15, -0.1) is 0 Å². The zero-order valence-corrected chi connectivity index (χ0v) is 24.8. The van der Waals surface area contributed by atoms with Crippen molar-refractivity contribution < 1.29 is 28.5 Å². The summed E-state index contributed by atoms with van der Waals surface area (Å²) in [5.74, 6) is 1.44. The number of fused-ring (bicyclic) bond motifs is 2. The second-order valence-corrected chi connectivity index (χ2v) is 10.2. The zero-order chi connectivity index (χ0) is 31.2. The maximum Gasteiger partial charge on any atom is 0.435 e. The quantitative estimate of drug-likeness (QED) is 0.172. The number of aromatic amines is 1. The molecule has 6 rings (SSSR count). The molecule has 226 valence electrons. The van der Waals surface area contributed by atoms with Gasteiger partial charge in [0.05, 0.1) is 14.2 Å². The molecule has 0 bridgehead atoms. The molecule has 9 nitrogen and oxygen atoms in total. The first kappa shape index (κ1) is 29.1. The molecule has 2 amide bonds. The second kappa shape index (κ2) is 13.1. The Hall–Kier alpha value is -5.96. The van der Waals surface area contributed by atoms with Crippen molar-refractivity contribution in [1.29, 1.82) is 0 Å². The topological polar surface area (TPSA) is 102 Å². The fourth-order valence-corrected chi connectivity index (χ4v) is 5.21. The lowest BCUT2D eigenvalue weighted by molar-refractivity contribution is 0.126. The van der Waals surface area contributed by atoms with Crippen LogP contribution in [0.25, 0.3) is 32.8 Å². The SMILES string of the molecule is COc1ccc2[nH]c(N(NC(=O)OCc3ccccc3)C(=O)OCc3ccccc3)c(-c3c(OC)ccc4ccccc34)c2c1.